The van der Waals surface area contributed by atoms with Gasteiger partial charge in [0.1, 0.15) is 5.82 Å². The van der Waals surface area contributed by atoms with E-state index < -0.39 is 23.7 Å². The number of nitrogen functional groups attached to an aromatic ring is 1. The van der Waals surface area contributed by atoms with E-state index in [9.17, 15) is 13.6 Å². The van der Waals surface area contributed by atoms with Crippen LogP contribution in [0.5, 0.6) is 0 Å². The third-order valence-electron chi connectivity index (χ3n) is 1.82. The van der Waals surface area contributed by atoms with Crippen molar-refractivity contribution in [1.82, 2.24) is 9.78 Å². The molecule has 0 saturated heterocycles. The van der Waals surface area contributed by atoms with Gasteiger partial charge in [-0.3, -0.25) is 4.68 Å². The quantitative estimate of drug-likeness (QED) is 0.773. The van der Waals surface area contributed by atoms with Gasteiger partial charge >= 0.3 is 5.97 Å². The molecular formula is C8H11F2N3O2. The summed E-state index contributed by atoms with van der Waals surface area (Å²) in [6.45, 7) is 1.67. The van der Waals surface area contributed by atoms with Gasteiger partial charge in [0.15, 0.2) is 5.69 Å². The smallest absolute Gasteiger partial charge is 0.359 e. The first-order valence-corrected chi connectivity index (χ1v) is 4.26. The first kappa shape index (κ1) is 11.4. The number of rotatable bonds is 3. The number of anilines is 1. The Hall–Kier alpha value is -1.66. The molecule has 0 saturated carbocycles. The van der Waals surface area contributed by atoms with Crippen LogP contribution < -0.4 is 5.73 Å². The SMILES string of the molecule is CCOC(=O)c1nn(C)c(N)c1C(F)F. The van der Waals surface area contributed by atoms with E-state index in [0.29, 0.717) is 0 Å². The van der Waals surface area contributed by atoms with Gasteiger partial charge in [-0.1, -0.05) is 0 Å². The van der Waals surface area contributed by atoms with Crippen molar-refractivity contribution in [3.05, 3.63) is 11.3 Å². The van der Waals surface area contributed by atoms with Crippen LogP contribution in [0.4, 0.5) is 14.6 Å². The molecule has 0 aliphatic rings. The van der Waals surface area contributed by atoms with E-state index in [1.807, 2.05) is 0 Å². The highest BCUT2D eigenvalue weighted by Crippen LogP contribution is 2.28. The van der Waals surface area contributed by atoms with Gasteiger partial charge in [-0.15, -0.1) is 0 Å². The van der Waals surface area contributed by atoms with Crippen molar-refractivity contribution in [2.75, 3.05) is 12.3 Å². The lowest BCUT2D eigenvalue weighted by molar-refractivity contribution is 0.0508. The highest BCUT2D eigenvalue weighted by molar-refractivity contribution is 5.90. The maximum Gasteiger partial charge on any atom is 0.359 e. The molecule has 0 aromatic carbocycles. The molecule has 0 fully saturated rings. The Labute approximate surface area is 84.8 Å². The highest BCUT2D eigenvalue weighted by Gasteiger charge is 2.27. The molecule has 0 spiro atoms. The summed E-state index contributed by atoms with van der Waals surface area (Å²) in [6, 6.07) is 0. The van der Waals surface area contributed by atoms with Crippen LogP contribution in [-0.2, 0) is 11.8 Å². The van der Waals surface area contributed by atoms with E-state index in [1.165, 1.54) is 7.05 Å². The maximum atomic E-state index is 12.6. The van der Waals surface area contributed by atoms with E-state index in [2.05, 4.69) is 9.84 Å². The predicted octanol–water partition coefficient (Wildman–Crippen LogP) is 1.12. The van der Waals surface area contributed by atoms with Crippen molar-refractivity contribution in [3.63, 3.8) is 0 Å². The molecule has 0 aliphatic heterocycles. The summed E-state index contributed by atoms with van der Waals surface area (Å²) in [5, 5.41) is 3.59. The average molecular weight is 219 g/mol. The van der Waals surface area contributed by atoms with Crippen LogP contribution in [0.1, 0.15) is 29.4 Å². The Kier molecular flexibility index (Phi) is 3.23. The van der Waals surface area contributed by atoms with Crippen LogP contribution in [0.25, 0.3) is 0 Å². The number of carbonyl (C=O) groups is 1. The van der Waals surface area contributed by atoms with E-state index in [1.54, 1.807) is 6.92 Å². The number of aromatic nitrogens is 2. The minimum absolute atomic E-state index is 0.0952. The molecule has 0 aliphatic carbocycles. The molecule has 15 heavy (non-hydrogen) atoms. The molecule has 1 aromatic heterocycles. The fourth-order valence-electron chi connectivity index (χ4n) is 1.12. The van der Waals surface area contributed by atoms with Gasteiger partial charge in [0, 0.05) is 7.05 Å². The Balaban J connectivity index is 3.17. The first-order valence-electron chi connectivity index (χ1n) is 4.26. The lowest BCUT2D eigenvalue weighted by Crippen LogP contribution is -2.08. The Bertz CT molecular complexity index is 376. The topological polar surface area (TPSA) is 70.1 Å². The number of aryl methyl sites for hydroxylation is 1. The number of nitrogens with two attached hydrogens (primary N) is 1. The van der Waals surface area contributed by atoms with Crippen molar-refractivity contribution in [2.24, 2.45) is 7.05 Å². The summed E-state index contributed by atoms with van der Waals surface area (Å²) in [5.74, 6) is -1.12. The molecule has 2 N–H and O–H groups in total. The molecule has 5 nitrogen and oxygen atoms in total. The summed E-state index contributed by atoms with van der Waals surface area (Å²) >= 11 is 0. The predicted molar refractivity (Wildman–Crippen MR) is 48.5 cm³/mol. The zero-order chi connectivity index (χ0) is 11.6. The molecule has 0 atom stereocenters. The van der Waals surface area contributed by atoms with Gasteiger partial charge < -0.3 is 10.5 Å². The zero-order valence-corrected chi connectivity index (χ0v) is 8.33. The highest BCUT2D eigenvalue weighted by atomic mass is 19.3. The van der Waals surface area contributed by atoms with Crippen molar-refractivity contribution in [2.45, 2.75) is 13.3 Å². The molecule has 84 valence electrons. The molecule has 0 bridgehead atoms. The largest absolute Gasteiger partial charge is 0.461 e. The third kappa shape index (κ3) is 2.05. The second-order valence-corrected chi connectivity index (χ2v) is 2.79. The van der Waals surface area contributed by atoms with Crippen molar-refractivity contribution >= 4 is 11.8 Å². The van der Waals surface area contributed by atoms with Crippen LogP contribution in [0, 0.1) is 0 Å². The van der Waals surface area contributed by atoms with E-state index >= 15 is 0 Å². The van der Waals surface area contributed by atoms with Crippen LogP contribution in [-0.4, -0.2) is 22.4 Å². The standard InChI is InChI=1S/C8H11F2N3O2/c1-3-15-8(14)5-4(6(9)10)7(11)13(2)12-5/h6H,3,11H2,1-2H3. The fraction of sp³-hybridized carbons (Fsp3) is 0.500. The summed E-state index contributed by atoms with van der Waals surface area (Å²) in [7, 11) is 1.38. The molecule has 0 amide bonds. The van der Waals surface area contributed by atoms with Crippen molar-refractivity contribution in [1.29, 1.82) is 0 Å². The second-order valence-electron chi connectivity index (χ2n) is 2.79. The minimum Gasteiger partial charge on any atom is -0.461 e. The number of hydrogen-bond donors (Lipinski definition) is 1. The number of halogens is 2. The average Bonchev–Trinajstić information content (AvgIpc) is 2.44. The summed E-state index contributed by atoms with van der Waals surface area (Å²) in [6.07, 6.45) is -2.85. The Morgan fingerprint density at radius 3 is 2.73 bits per heavy atom. The lowest BCUT2D eigenvalue weighted by Gasteiger charge is -2.01. The minimum atomic E-state index is -2.85. The van der Waals surface area contributed by atoms with Gasteiger partial charge in [-0.2, -0.15) is 5.10 Å². The number of alkyl halides is 2. The number of ether oxygens (including phenoxy) is 1. The van der Waals surface area contributed by atoms with Crippen molar-refractivity contribution < 1.29 is 18.3 Å². The molecule has 1 heterocycles. The van der Waals surface area contributed by atoms with E-state index in [4.69, 9.17) is 5.73 Å². The Morgan fingerprint density at radius 1 is 1.67 bits per heavy atom. The van der Waals surface area contributed by atoms with Crippen LogP contribution in [0.2, 0.25) is 0 Å². The van der Waals surface area contributed by atoms with Crippen LogP contribution in [0.3, 0.4) is 0 Å². The molecular weight excluding hydrogens is 208 g/mol. The second kappa shape index (κ2) is 4.24. The number of carbonyl (C=O) groups excluding carboxylic acids is 1. The summed E-state index contributed by atoms with van der Waals surface area (Å²) in [5.41, 5.74) is 4.35. The van der Waals surface area contributed by atoms with Gasteiger partial charge in [-0.05, 0) is 6.92 Å². The normalized spacial score (nSPS) is 10.7. The molecule has 0 unspecified atom stereocenters. The van der Waals surface area contributed by atoms with Gasteiger partial charge in [0.2, 0.25) is 0 Å². The monoisotopic (exact) mass is 219 g/mol. The molecule has 7 heteroatoms. The maximum absolute atomic E-state index is 12.6. The number of nitrogens with zero attached hydrogens (tertiary/aromatic N) is 2. The zero-order valence-electron chi connectivity index (χ0n) is 8.33. The van der Waals surface area contributed by atoms with Crippen molar-refractivity contribution in [3.8, 4) is 0 Å². The van der Waals surface area contributed by atoms with Gasteiger partial charge in [0.25, 0.3) is 6.43 Å². The van der Waals surface area contributed by atoms with Gasteiger partial charge in [-0.25, -0.2) is 13.6 Å². The fourth-order valence-corrected chi connectivity index (χ4v) is 1.12. The van der Waals surface area contributed by atoms with E-state index in [-0.39, 0.29) is 12.4 Å². The summed E-state index contributed by atoms with van der Waals surface area (Å²) in [4.78, 5) is 11.2. The van der Waals surface area contributed by atoms with Gasteiger partial charge in [0.05, 0.1) is 12.2 Å². The summed E-state index contributed by atoms with van der Waals surface area (Å²) < 4.78 is 30.7. The number of hydrogen-bond acceptors (Lipinski definition) is 4. The molecule has 1 aromatic rings. The lowest BCUT2D eigenvalue weighted by atomic mass is 10.2. The first-order chi connectivity index (χ1) is 6.99. The third-order valence-corrected chi connectivity index (χ3v) is 1.82. The molecule has 0 radical (unpaired) electrons. The van der Waals surface area contributed by atoms with Crippen LogP contribution >= 0.6 is 0 Å². The number of esters is 1. The van der Waals surface area contributed by atoms with Crippen LogP contribution in [0.15, 0.2) is 0 Å². The van der Waals surface area contributed by atoms with E-state index in [0.717, 1.165) is 4.68 Å². The Morgan fingerprint density at radius 2 is 2.27 bits per heavy atom. The molecule has 1 rings (SSSR count).